The van der Waals surface area contributed by atoms with Gasteiger partial charge in [0.25, 0.3) is 0 Å². The van der Waals surface area contributed by atoms with Crippen LogP contribution in [-0.2, 0) is 17.7 Å². The van der Waals surface area contributed by atoms with Crippen LogP contribution in [0, 0.1) is 0 Å². The van der Waals surface area contributed by atoms with Crippen LogP contribution in [0.1, 0.15) is 50.6 Å². The van der Waals surface area contributed by atoms with E-state index in [1.54, 1.807) is 0 Å². The van der Waals surface area contributed by atoms with Crippen LogP contribution < -0.4 is 0 Å². The molecule has 0 amide bonds. The Bertz CT molecular complexity index is 415. The molecule has 0 N–H and O–H groups in total. The van der Waals surface area contributed by atoms with E-state index in [-0.39, 0.29) is 5.60 Å². The fourth-order valence-corrected chi connectivity index (χ4v) is 3.84. The van der Waals surface area contributed by atoms with Gasteiger partial charge in [-0.25, -0.2) is 4.68 Å². The summed E-state index contributed by atoms with van der Waals surface area (Å²) in [5, 5.41) is 9.32. The Hall–Kier alpha value is -0.420. The molecule has 1 saturated heterocycles. The fraction of sp³-hybridized carbons (Fsp3) is 0.857. The fourth-order valence-electron chi connectivity index (χ4n) is 3.44. The van der Waals surface area contributed by atoms with Crippen molar-refractivity contribution in [2.45, 2.75) is 69.6 Å². The van der Waals surface area contributed by atoms with E-state index in [1.165, 1.54) is 44.9 Å². The zero-order valence-corrected chi connectivity index (χ0v) is 12.9. The molecule has 1 saturated carbocycles. The van der Waals surface area contributed by atoms with E-state index in [4.69, 9.17) is 4.74 Å². The predicted molar refractivity (Wildman–Crippen MR) is 77.4 cm³/mol. The van der Waals surface area contributed by atoms with E-state index < -0.39 is 0 Å². The summed E-state index contributed by atoms with van der Waals surface area (Å²) in [5.41, 5.74) is 1.27. The van der Waals surface area contributed by atoms with Gasteiger partial charge in [-0.15, -0.1) is 5.10 Å². The van der Waals surface area contributed by atoms with Gasteiger partial charge in [0.15, 0.2) is 0 Å². The summed E-state index contributed by atoms with van der Waals surface area (Å²) in [6.07, 6.45) is 12.3. The Kier molecular flexibility index (Phi) is 4.22. The van der Waals surface area contributed by atoms with Gasteiger partial charge in [0.1, 0.15) is 0 Å². The predicted octanol–water partition coefficient (Wildman–Crippen LogP) is 3.10. The molecule has 3 rings (SSSR count). The van der Waals surface area contributed by atoms with Crippen LogP contribution in [0.4, 0.5) is 0 Å². The standard InChI is InChI=1S/C14H22BrN3O/c15-9-5-12-10-18(17-16-12)11-13-4-8-14(19-13)6-2-1-3-7-14/h10,13H,1-9,11H2. The summed E-state index contributed by atoms with van der Waals surface area (Å²) in [5.74, 6) is 0. The average Bonchev–Trinajstić information content (AvgIpc) is 3.00. The lowest BCUT2D eigenvalue weighted by molar-refractivity contribution is -0.0689. The lowest BCUT2D eigenvalue weighted by Crippen LogP contribution is -2.32. The Morgan fingerprint density at radius 3 is 2.95 bits per heavy atom. The molecule has 2 heterocycles. The van der Waals surface area contributed by atoms with Gasteiger partial charge < -0.3 is 4.74 Å². The number of aromatic nitrogens is 3. The lowest BCUT2D eigenvalue weighted by atomic mass is 9.83. The number of hydrogen-bond acceptors (Lipinski definition) is 3. The molecule has 0 bridgehead atoms. The normalized spacial score (nSPS) is 26.1. The number of alkyl halides is 1. The topological polar surface area (TPSA) is 39.9 Å². The summed E-state index contributed by atoms with van der Waals surface area (Å²) in [7, 11) is 0. The molecule has 1 aliphatic carbocycles. The first kappa shape index (κ1) is 13.6. The number of rotatable bonds is 4. The van der Waals surface area contributed by atoms with Gasteiger partial charge in [-0.2, -0.15) is 0 Å². The molecule has 2 aliphatic rings. The van der Waals surface area contributed by atoms with Crippen LogP contribution in [0.2, 0.25) is 0 Å². The summed E-state index contributed by atoms with van der Waals surface area (Å²) in [4.78, 5) is 0. The molecular formula is C14H22BrN3O. The van der Waals surface area contributed by atoms with Crippen molar-refractivity contribution in [3.05, 3.63) is 11.9 Å². The molecule has 5 heteroatoms. The van der Waals surface area contributed by atoms with Crippen molar-refractivity contribution in [2.75, 3.05) is 5.33 Å². The van der Waals surface area contributed by atoms with E-state index in [9.17, 15) is 0 Å². The molecule has 2 fully saturated rings. The van der Waals surface area contributed by atoms with E-state index in [1.807, 2.05) is 4.68 Å². The minimum absolute atomic E-state index is 0.211. The zero-order chi connectivity index (χ0) is 13.1. The molecule has 1 aromatic rings. The third-order valence-corrected chi connectivity index (χ3v) is 4.83. The Labute approximate surface area is 123 Å². The third-order valence-electron chi connectivity index (χ3n) is 4.43. The molecule has 0 radical (unpaired) electrons. The number of aryl methyl sites for hydroxylation is 1. The third kappa shape index (κ3) is 3.19. The minimum Gasteiger partial charge on any atom is -0.370 e. The average molecular weight is 328 g/mol. The second kappa shape index (κ2) is 5.92. The van der Waals surface area contributed by atoms with Crippen LogP contribution in [0.15, 0.2) is 6.20 Å². The summed E-state index contributed by atoms with van der Waals surface area (Å²) >= 11 is 3.43. The molecule has 1 aliphatic heterocycles. The summed E-state index contributed by atoms with van der Waals surface area (Å²) < 4.78 is 8.31. The van der Waals surface area contributed by atoms with Crippen LogP contribution in [-0.4, -0.2) is 32.0 Å². The molecule has 4 nitrogen and oxygen atoms in total. The van der Waals surface area contributed by atoms with Gasteiger partial charge in [0.05, 0.1) is 23.9 Å². The summed E-state index contributed by atoms with van der Waals surface area (Å²) in [6, 6.07) is 0. The van der Waals surface area contributed by atoms with Gasteiger partial charge in [-0.1, -0.05) is 40.4 Å². The highest BCUT2D eigenvalue weighted by Gasteiger charge is 2.40. The van der Waals surface area contributed by atoms with Crippen LogP contribution in [0.25, 0.3) is 0 Å². The van der Waals surface area contributed by atoms with Crippen LogP contribution in [0.3, 0.4) is 0 Å². The van der Waals surface area contributed by atoms with Gasteiger partial charge in [0.2, 0.25) is 0 Å². The van der Waals surface area contributed by atoms with Crippen molar-refractivity contribution in [1.29, 1.82) is 0 Å². The van der Waals surface area contributed by atoms with Crippen molar-refractivity contribution < 1.29 is 4.74 Å². The number of hydrogen-bond donors (Lipinski definition) is 0. The first-order chi connectivity index (χ1) is 9.30. The maximum absolute atomic E-state index is 6.37. The number of halogens is 1. The van der Waals surface area contributed by atoms with Crippen molar-refractivity contribution in [2.24, 2.45) is 0 Å². The number of ether oxygens (including phenoxy) is 1. The molecule has 1 unspecified atom stereocenters. The van der Waals surface area contributed by atoms with Crippen LogP contribution >= 0.6 is 15.9 Å². The van der Waals surface area contributed by atoms with Crippen molar-refractivity contribution in [1.82, 2.24) is 15.0 Å². The maximum Gasteiger partial charge on any atom is 0.0835 e. The van der Waals surface area contributed by atoms with Gasteiger partial charge in [-0.05, 0) is 25.7 Å². The molecule has 1 spiro atoms. The lowest BCUT2D eigenvalue weighted by Gasteiger charge is -2.33. The van der Waals surface area contributed by atoms with Gasteiger partial charge in [-0.3, -0.25) is 0 Å². The Balaban J connectivity index is 1.55. The molecule has 106 valence electrons. The van der Waals surface area contributed by atoms with Crippen molar-refractivity contribution >= 4 is 15.9 Å². The number of nitrogens with zero attached hydrogens (tertiary/aromatic N) is 3. The van der Waals surface area contributed by atoms with Crippen molar-refractivity contribution in [3.63, 3.8) is 0 Å². The molecule has 1 aromatic heterocycles. The zero-order valence-electron chi connectivity index (χ0n) is 11.4. The first-order valence-electron chi connectivity index (χ1n) is 7.42. The largest absolute Gasteiger partial charge is 0.370 e. The van der Waals surface area contributed by atoms with E-state index >= 15 is 0 Å². The van der Waals surface area contributed by atoms with E-state index in [0.29, 0.717) is 6.10 Å². The molecule has 1 atom stereocenters. The summed E-state index contributed by atoms with van der Waals surface area (Å²) in [6.45, 7) is 0.858. The monoisotopic (exact) mass is 327 g/mol. The highest BCUT2D eigenvalue weighted by molar-refractivity contribution is 9.09. The maximum atomic E-state index is 6.37. The second-order valence-corrected chi connectivity index (χ2v) is 6.69. The second-order valence-electron chi connectivity index (χ2n) is 5.89. The minimum atomic E-state index is 0.211. The smallest absolute Gasteiger partial charge is 0.0835 e. The first-order valence-corrected chi connectivity index (χ1v) is 8.55. The Morgan fingerprint density at radius 1 is 1.32 bits per heavy atom. The SMILES string of the molecule is BrCCc1cn(CC2CCC3(CCCCC3)O2)nn1. The van der Waals surface area contributed by atoms with E-state index in [2.05, 4.69) is 32.4 Å². The highest BCUT2D eigenvalue weighted by atomic mass is 79.9. The molecule has 0 aromatic carbocycles. The van der Waals surface area contributed by atoms with Crippen molar-refractivity contribution in [3.8, 4) is 0 Å². The van der Waals surface area contributed by atoms with Crippen LogP contribution in [0.5, 0.6) is 0 Å². The van der Waals surface area contributed by atoms with E-state index in [0.717, 1.165) is 24.0 Å². The molecular weight excluding hydrogens is 306 g/mol. The van der Waals surface area contributed by atoms with Gasteiger partial charge in [0, 0.05) is 17.9 Å². The molecule has 19 heavy (non-hydrogen) atoms. The Morgan fingerprint density at radius 2 is 2.16 bits per heavy atom. The quantitative estimate of drug-likeness (QED) is 0.798. The van der Waals surface area contributed by atoms with Gasteiger partial charge >= 0.3 is 0 Å². The highest BCUT2D eigenvalue weighted by Crippen LogP contribution is 2.42.